The summed E-state index contributed by atoms with van der Waals surface area (Å²) in [5.41, 5.74) is -0.105. The first-order valence-electron chi connectivity index (χ1n) is 9.65. The van der Waals surface area contributed by atoms with Crippen molar-refractivity contribution < 1.29 is 14.4 Å². The summed E-state index contributed by atoms with van der Waals surface area (Å²) in [6.07, 6.45) is 0. The number of hydrogen-bond acceptors (Lipinski definition) is 4. The number of halogens is 1. The topological polar surface area (TPSA) is 69.7 Å². The second-order valence-corrected chi connectivity index (χ2v) is 9.06. The van der Waals surface area contributed by atoms with Gasteiger partial charge in [-0.05, 0) is 23.3 Å². The molecule has 158 valence electrons. The van der Waals surface area contributed by atoms with Crippen molar-refractivity contribution in [3.05, 3.63) is 93.1 Å². The SMILES string of the molecule is CN(Cc1ccc(Cl)s1)C(=O)CN1C(=O)NC(c2ccccc2)(c2ccccc2)C1=O. The summed E-state index contributed by atoms with van der Waals surface area (Å²) in [7, 11) is 1.63. The first-order valence-corrected chi connectivity index (χ1v) is 10.8. The monoisotopic (exact) mass is 453 g/mol. The molecule has 1 aliphatic rings. The van der Waals surface area contributed by atoms with E-state index in [1.165, 1.54) is 16.2 Å². The number of benzene rings is 2. The van der Waals surface area contributed by atoms with Gasteiger partial charge in [-0.2, -0.15) is 0 Å². The highest BCUT2D eigenvalue weighted by atomic mass is 35.5. The molecule has 0 spiro atoms. The average molecular weight is 454 g/mol. The summed E-state index contributed by atoms with van der Waals surface area (Å²) >= 11 is 7.34. The Morgan fingerprint density at radius 2 is 1.58 bits per heavy atom. The third-order valence-corrected chi connectivity index (χ3v) is 6.48. The van der Waals surface area contributed by atoms with E-state index < -0.39 is 17.5 Å². The van der Waals surface area contributed by atoms with Crippen LogP contribution in [0, 0.1) is 0 Å². The van der Waals surface area contributed by atoms with Crippen LogP contribution in [0.1, 0.15) is 16.0 Å². The van der Waals surface area contributed by atoms with Crippen LogP contribution in [0.3, 0.4) is 0 Å². The molecule has 0 saturated carbocycles. The van der Waals surface area contributed by atoms with Crippen molar-refractivity contribution in [2.45, 2.75) is 12.1 Å². The number of carbonyl (C=O) groups excluding carboxylic acids is 3. The number of hydrogen-bond donors (Lipinski definition) is 1. The third-order valence-electron chi connectivity index (χ3n) is 5.26. The summed E-state index contributed by atoms with van der Waals surface area (Å²) in [6.45, 7) is 0.00404. The molecule has 4 amide bonds. The molecule has 6 nitrogen and oxygen atoms in total. The molecule has 1 N–H and O–H groups in total. The van der Waals surface area contributed by atoms with Crippen LogP contribution in [-0.4, -0.2) is 41.2 Å². The normalized spacial score (nSPS) is 15.1. The van der Waals surface area contributed by atoms with Crippen molar-refractivity contribution in [3.8, 4) is 0 Å². The summed E-state index contributed by atoms with van der Waals surface area (Å²) in [5, 5.41) is 2.85. The third kappa shape index (κ3) is 3.94. The van der Waals surface area contributed by atoms with Crippen LogP contribution >= 0.6 is 22.9 Å². The van der Waals surface area contributed by atoms with E-state index in [0.29, 0.717) is 22.0 Å². The van der Waals surface area contributed by atoms with Gasteiger partial charge in [-0.15, -0.1) is 11.3 Å². The molecule has 2 heterocycles. The lowest BCUT2D eigenvalue weighted by molar-refractivity contribution is -0.138. The van der Waals surface area contributed by atoms with E-state index in [-0.39, 0.29) is 12.5 Å². The molecule has 0 radical (unpaired) electrons. The molecule has 1 aromatic heterocycles. The standard InChI is InChI=1S/C23H20ClN3O3S/c1-26(14-18-12-13-19(24)31-18)20(28)15-27-21(29)23(25-22(27)30,16-8-4-2-5-9-16)17-10-6-3-7-11-17/h2-13H,14-15H2,1H3,(H,25,30). The molecular weight excluding hydrogens is 434 g/mol. The first kappa shape index (κ1) is 21.1. The quantitative estimate of drug-likeness (QED) is 0.576. The highest BCUT2D eigenvalue weighted by molar-refractivity contribution is 7.16. The lowest BCUT2D eigenvalue weighted by atomic mass is 9.82. The van der Waals surface area contributed by atoms with Gasteiger partial charge < -0.3 is 10.2 Å². The van der Waals surface area contributed by atoms with E-state index in [0.717, 1.165) is 9.78 Å². The van der Waals surface area contributed by atoms with Gasteiger partial charge in [0.15, 0.2) is 5.54 Å². The van der Waals surface area contributed by atoms with Crippen LogP contribution in [0.15, 0.2) is 72.8 Å². The van der Waals surface area contributed by atoms with Crippen molar-refractivity contribution in [2.75, 3.05) is 13.6 Å². The molecule has 0 unspecified atom stereocenters. The molecular formula is C23H20ClN3O3S. The second-order valence-electron chi connectivity index (χ2n) is 7.26. The minimum atomic E-state index is -1.38. The maximum Gasteiger partial charge on any atom is 0.326 e. The van der Waals surface area contributed by atoms with Crippen LogP contribution < -0.4 is 5.32 Å². The van der Waals surface area contributed by atoms with Crippen LogP contribution in [0.2, 0.25) is 4.34 Å². The number of urea groups is 1. The Morgan fingerprint density at radius 1 is 1.00 bits per heavy atom. The van der Waals surface area contributed by atoms with E-state index in [2.05, 4.69) is 5.32 Å². The fourth-order valence-corrected chi connectivity index (χ4v) is 4.81. The lowest BCUT2D eigenvalue weighted by Gasteiger charge is -2.28. The molecule has 8 heteroatoms. The lowest BCUT2D eigenvalue weighted by Crippen LogP contribution is -2.46. The van der Waals surface area contributed by atoms with E-state index in [1.807, 2.05) is 42.5 Å². The number of rotatable bonds is 6. The van der Waals surface area contributed by atoms with Gasteiger partial charge in [0.05, 0.1) is 10.9 Å². The van der Waals surface area contributed by atoms with Gasteiger partial charge in [-0.3, -0.25) is 14.5 Å². The van der Waals surface area contributed by atoms with Gasteiger partial charge in [0, 0.05) is 11.9 Å². The molecule has 4 rings (SSSR count). The minimum absolute atomic E-state index is 0.343. The zero-order valence-electron chi connectivity index (χ0n) is 16.7. The van der Waals surface area contributed by atoms with E-state index in [1.54, 1.807) is 37.4 Å². The number of nitrogens with one attached hydrogen (secondary N) is 1. The predicted molar refractivity (Wildman–Crippen MR) is 120 cm³/mol. The summed E-state index contributed by atoms with van der Waals surface area (Å²) in [6, 6.07) is 21.1. The second kappa shape index (κ2) is 8.53. The molecule has 0 aliphatic carbocycles. The minimum Gasteiger partial charge on any atom is -0.339 e. The number of thiophene rings is 1. The Morgan fingerprint density at radius 3 is 2.10 bits per heavy atom. The van der Waals surface area contributed by atoms with Crippen LogP contribution in [0.25, 0.3) is 0 Å². The van der Waals surface area contributed by atoms with Crippen molar-refractivity contribution >= 4 is 40.8 Å². The van der Waals surface area contributed by atoms with Crippen LogP contribution in [-0.2, 0) is 21.7 Å². The summed E-state index contributed by atoms with van der Waals surface area (Å²) < 4.78 is 0.639. The Hall–Kier alpha value is -3.16. The Kier molecular flexibility index (Phi) is 5.80. The zero-order chi connectivity index (χ0) is 22.0. The highest BCUT2D eigenvalue weighted by Gasteiger charge is 2.54. The van der Waals surface area contributed by atoms with Crippen molar-refractivity contribution in [1.29, 1.82) is 0 Å². The Balaban J connectivity index is 1.61. The molecule has 0 bridgehead atoms. The molecule has 1 saturated heterocycles. The Labute approximate surface area is 189 Å². The number of carbonyl (C=O) groups is 3. The molecule has 2 aromatic carbocycles. The average Bonchev–Trinajstić information content (AvgIpc) is 3.30. The smallest absolute Gasteiger partial charge is 0.326 e. The van der Waals surface area contributed by atoms with Gasteiger partial charge in [0.2, 0.25) is 5.91 Å². The Bertz CT molecular complexity index is 1080. The van der Waals surface area contributed by atoms with Crippen molar-refractivity contribution in [2.24, 2.45) is 0 Å². The molecule has 3 aromatic rings. The molecule has 0 atom stereocenters. The van der Waals surface area contributed by atoms with Crippen molar-refractivity contribution in [3.63, 3.8) is 0 Å². The molecule has 1 fully saturated rings. The van der Waals surface area contributed by atoms with Gasteiger partial charge in [0.25, 0.3) is 5.91 Å². The number of nitrogens with zero attached hydrogens (tertiary/aromatic N) is 2. The molecule has 1 aliphatic heterocycles. The fourth-order valence-electron chi connectivity index (χ4n) is 3.67. The number of likely N-dealkylation sites (N-methyl/N-ethyl adjacent to an activating group) is 1. The maximum atomic E-state index is 13.6. The summed E-state index contributed by atoms with van der Waals surface area (Å²) in [4.78, 5) is 42.7. The highest BCUT2D eigenvalue weighted by Crippen LogP contribution is 2.36. The summed E-state index contributed by atoms with van der Waals surface area (Å²) in [5.74, 6) is -0.819. The fraction of sp³-hybridized carbons (Fsp3) is 0.174. The largest absolute Gasteiger partial charge is 0.339 e. The predicted octanol–water partition coefficient (Wildman–Crippen LogP) is 3.86. The molecule has 31 heavy (non-hydrogen) atoms. The van der Waals surface area contributed by atoms with Crippen LogP contribution in [0.4, 0.5) is 4.79 Å². The first-order chi connectivity index (χ1) is 14.9. The number of imide groups is 1. The van der Waals surface area contributed by atoms with Gasteiger partial charge in [-0.1, -0.05) is 72.3 Å². The van der Waals surface area contributed by atoms with Gasteiger partial charge in [-0.25, -0.2) is 4.79 Å². The maximum absolute atomic E-state index is 13.6. The van der Waals surface area contributed by atoms with E-state index in [9.17, 15) is 14.4 Å². The van der Waals surface area contributed by atoms with E-state index in [4.69, 9.17) is 11.6 Å². The van der Waals surface area contributed by atoms with Gasteiger partial charge in [0.1, 0.15) is 6.54 Å². The zero-order valence-corrected chi connectivity index (χ0v) is 18.3. The van der Waals surface area contributed by atoms with Crippen molar-refractivity contribution in [1.82, 2.24) is 15.1 Å². The van der Waals surface area contributed by atoms with Crippen LogP contribution in [0.5, 0.6) is 0 Å². The van der Waals surface area contributed by atoms with E-state index >= 15 is 0 Å². The van der Waals surface area contributed by atoms with Gasteiger partial charge >= 0.3 is 6.03 Å². The number of amides is 4.